The lowest BCUT2D eigenvalue weighted by Crippen LogP contribution is -2.33. The van der Waals surface area contributed by atoms with Crippen LogP contribution in [0.3, 0.4) is 0 Å². The van der Waals surface area contributed by atoms with Gasteiger partial charge < -0.3 is 25.8 Å². The minimum Gasteiger partial charge on any atom is -0.394 e. The van der Waals surface area contributed by atoms with Gasteiger partial charge in [0.15, 0.2) is 6.23 Å². The van der Waals surface area contributed by atoms with Crippen LogP contribution in [0.25, 0.3) is 0 Å². The van der Waals surface area contributed by atoms with Gasteiger partial charge in [0.05, 0.1) is 6.61 Å². The van der Waals surface area contributed by atoms with Gasteiger partial charge in [0.2, 0.25) is 5.95 Å². The van der Waals surface area contributed by atoms with Crippen molar-refractivity contribution in [3.8, 4) is 0 Å². The molecular formula is C7H12N4O4. The summed E-state index contributed by atoms with van der Waals surface area (Å²) in [6, 6.07) is 0. The van der Waals surface area contributed by atoms with Crippen molar-refractivity contribution in [2.24, 2.45) is 0 Å². The Morgan fingerprint density at radius 3 is 2.67 bits per heavy atom. The number of aliphatic hydroxyl groups is 3. The molecule has 1 aliphatic heterocycles. The van der Waals surface area contributed by atoms with Gasteiger partial charge in [-0.1, -0.05) is 0 Å². The first-order valence-electron chi connectivity index (χ1n) is 4.42. The topological polar surface area (TPSA) is 127 Å². The zero-order chi connectivity index (χ0) is 11.0. The molecule has 0 radical (unpaired) electrons. The Bertz CT molecular complexity index is 343. The molecule has 0 aromatic carbocycles. The third kappa shape index (κ3) is 1.67. The number of nitrogens with two attached hydrogens (primary N) is 1. The van der Waals surface area contributed by atoms with E-state index in [2.05, 4.69) is 10.1 Å². The summed E-state index contributed by atoms with van der Waals surface area (Å²) < 4.78 is 6.40. The molecule has 0 aliphatic carbocycles. The summed E-state index contributed by atoms with van der Waals surface area (Å²) in [5, 5.41) is 31.7. The van der Waals surface area contributed by atoms with E-state index in [1.807, 2.05) is 0 Å². The van der Waals surface area contributed by atoms with Gasteiger partial charge in [0, 0.05) is 0 Å². The van der Waals surface area contributed by atoms with E-state index >= 15 is 0 Å². The maximum atomic E-state index is 9.61. The fourth-order valence-electron chi connectivity index (χ4n) is 1.51. The van der Waals surface area contributed by atoms with Crippen LogP contribution in [0, 0.1) is 0 Å². The van der Waals surface area contributed by atoms with Crippen molar-refractivity contribution in [2.75, 3.05) is 12.3 Å². The van der Waals surface area contributed by atoms with E-state index in [1.54, 1.807) is 0 Å². The summed E-state index contributed by atoms with van der Waals surface area (Å²) in [5.74, 6) is 0.0488. The Balaban J connectivity index is 2.18. The van der Waals surface area contributed by atoms with Gasteiger partial charge >= 0.3 is 0 Å². The highest BCUT2D eigenvalue weighted by molar-refractivity contribution is 5.09. The van der Waals surface area contributed by atoms with Gasteiger partial charge in [-0.3, -0.25) is 0 Å². The fraction of sp³-hybridized carbons (Fsp3) is 0.714. The first-order chi connectivity index (χ1) is 7.13. The van der Waals surface area contributed by atoms with E-state index in [0.717, 1.165) is 0 Å². The van der Waals surface area contributed by atoms with Gasteiger partial charge in [-0.2, -0.15) is 0 Å². The van der Waals surface area contributed by atoms with Crippen molar-refractivity contribution in [1.29, 1.82) is 0 Å². The molecule has 84 valence electrons. The van der Waals surface area contributed by atoms with Crippen LogP contribution in [-0.2, 0) is 4.74 Å². The number of nitrogen functional groups attached to an aromatic ring is 1. The van der Waals surface area contributed by atoms with Crippen LogP contribution in [0.4, 0.5) is 5.95 Å². The number of rotatable bonds is 2. The second-order valence-corrected chi connectivity index (χ2v) is 3.31. The van der Waals surface area contributed by atoms with Crippen LogP contribution in [0.15, 0.2) is 6.33 Å². The molecule has 8 heteroatoms. The molecule has 4 atom stereocenters. The van der Waals surface area contributed by atoms with Crippen LogP contribution in [0.5, 0.6) is 0 Å². The average Bonchev–Trinajstić information content (AvgIpc) is 2.74. The minimum absolute atomic E-state index is 0.0488. The molecule has 1 fully saturated rings. The van der Waals surface area contributed by atoms with Gasteiger partial charge in [0.1, 0.15) is 24.6 Å². The van der Waals surface area contributed by atoms with Crippen molar-refractivity contribution in [3.63, 3.8) is 0 Å². The molecular weight excluding hydrogens is 204 g/mol. The minimum atomic E-state index is -1.16. The smallest absolute Gasteiger partial charge is 0.239 e. The lowest BCUT2D eigenvalue weighted by atomic mass is 10.1. The van der Waals surface area contributed by atoms with Gasteiger partial charge in [-0.15, -0.1) is 5.10 Å². The quantitative estimate of drug-likeness (QED) is 0.429. The SMILES string of the molecule is Nc1ncn([C@@H]2O[C@H](CO)C(O)[C@@H]2O)n1. The normalized spacial score (nSPS) is 35.9. The lowest BCUT2D eigenvalue weighted by molar-refractivity contribution is -0.0586. The predicted molar refractivity (Wildman–Crippen MR) is 47.4 cm³/mol. The highest BCUT2D eigenvalue weighted by Gasteiger charge is 2.43. The molecule has 0 saturated carbocycles. The standard InChI is InChI=1S/C7H12N4O4/c8-7-9-2-11(10-7)6-5(14)4(13)3(1-12)15-6/h2-6,12-14H,1H2,(H2,8,10)/t3-,4?,5+,6-/m1/s1. The summed E-state index contributed by atoms with van der Waals surface area (Å²) in [7, 11) is 0. The number of aliphatic hydroxyl groups excluding tert-OH is 3. The molecule has 8 nitrogen and oxygen atoms in total. The van der Waals surface area contributed by atoms with E-state index in [-0.39, 0.29) is 12.6 Å². The third-order valence-corrected chi connectivity index (χ3v) is 2.30. The van der Waals surface area contributed by atoms with Crippen molar-refractivity contribution in [3.05, 3.63) is 6.33 Å². The van der Waals surface area contributed by atoms with E-state index in [4.69, 9.17) is 15.6 Å². The second-order valence-electron chi connectivity index (χ2n) is 3.31. The summed E-state index contributed by atoms with van der Waals surface area (Å²) in [6.07, 6.45) is -2.72. The average molecular weight is 216 g/mol. The van der Waals surface area contributed by atoms with Crippen LogP contribution in [0.2, 0.25) is 0 Å². The first-order valence-corrected chi connectivity index (χ1v) is 4.42. The van der Waals surface area contributed by atoms with Crippen molar-refractivity contribution < 1.29 is 20.1 Å². The van der Waals surface area contributed by atoms with Crippen molar-refractivity contribution in [1.82, 2.24) is 14.8 Å². The Morgan fingerprint density at radius 1 is 1.47 bits per heavy atom. The van der Waals surface area contributed by atoms with E-state index < -0.39 is 24.5 Å². The molecule has 5 N–H and O–H groups in total. The molecule has 2 rings (SSSR count). The number of anilines is 1. The molecule has 0 bridgehead atoms. The van der Waals surface area contributed by atoms with Crippen molar-refractivity contribution in [2.45, 2.75) is 24.5 Å². The lowest BCUT2D eigenvalue weighted by Gasteiger charge is -2.13. The summed E-state index contributed by atoms with van der Waals surface area (Å²) in [4.78, 5) is 3.67. The number of hydrogen-bond donors (Lipinski definition) is 4. The number of hydrogen-bond acceptors (Lipinski definition) is 7. The van der Waals surface area contributed by atoms with Crippen LogP contribution in [-0.4, -0.2) is 55.0 Å². The molecule has 1 aliphatic rings. The number of aromatic nitrogens is 3. The Labute approximate surface area is 84.9 Å². The zero-order valence-corrected chi connectivity index (χ0v) is 7.76. The third-order valence-electron chi connectivity index (χ3n) is 2.30. The predicted octanol–water partition coefficient (Wildman–Crippen LogP) is -2.53. The summed E-state index contributed by atoms with van der Waals surface area (Å²) in [5.41, 5.74) is 5.30. The Hall–Kier alpha value is -1.22. The van der Waals surface area contributed by atoms with Crippen molar-refractivity contribution >= 4 is 5.95 Å². The summed E-state index contributed by atoms with van der Waals surface area (Å²) >= 11 is 0. The number of ether oxygens (including phenoxy) is 1. The van der Waals surface area contributed by atoms with E-state index in [0.29, 0.717) is 0 Å². The van der Waals surface area contributed by atoms with E-state index in [1.165, 1.54) is 11.0 Å². The summed E-state index contributed by atoms with van der Waals surface area (Å²) in [6.45, 7) is -0.376. The largest absolute Gasteiger partial charge is 0.394 e. The van der Waals surface area contributed by atoms with Gasteiger partial charge in [-0.25, -0.2) is 9.67 Å². The molecule has 1 aromatic heterocycles. The highest BCUT2D eigenvalue weighted by Crippen LogP contribution is 2.28. The monoisotopic (exact) mass is 216 g/mol. The van der Waals surface area contributed by atoms with Crippen LogP contribution >= 0.6 is 0 Å². The molecule has 0 amide bonds. The molecule has 1 saturated heterocycles. The highest BCUT2D eigenvalue weighted by atomic mass is 16.6. The number of nitrogens with zero attached hydrogens (tertiary/aromatic N) is 3. The maximum absolute atomic E-state index is 9.61. The molecule has 0 spiro atoms. The Kier molecular flexibility index (Phi) is 2.57. The molecule has 1 aromatic rings. The van der Waals surface area contributed by atoms with Crippen LogP contribution in [0.1, 0.15) is 6.23 Å². The van der Waals surface area contributed by atoms with E-state index in [9.17, 15) is 10.2 Å². The van der Waals surface area contributed by atoms with Gasteiger partial charge in [-0.05, 0) is 0 Å². The first kappa shape index (κ1) is 10.3. The van der Waals surface area contributed by atoms with Gasteiger partial charge in [0.25, 0.3) is 0 Å². The Morgan fingerprint density at radius 2 is 2.20 bits per heavy atom. The fourth-order valence-corrected chi connectivity index (χ4v) is 1.51. The molecule has 2 heterocycles. The zero-order valence-electron chi connectivity index (χ0n) is 7.76. The second kappa shape index (κ2) is 3.74. The molecule has 15 heavy (non-hydrogen) atoms. The van der Waals surface area contributed by atoms with Crippen LogP contribution < -0.4 is 5.73 Å². The maximum Gasteiger partial charge on any atom is 0.239 e. The molecule has 1 unspecified atom stereocenters.